The van der Waals surface area contributed by atoms with E-state index in [4.69, 9.17) is 25.8 Å². The first-order valence-corrected chi connectivity index (χ1v) is 6.23. The lowest BCUT2D eigenvalue weighted by Gasteiger charge is -2.40. The molecule has 1 saturated carbocycles. The number of hydrogen-bond acceptors (Lipinski definition) is 3. The summed E-state index contributed by atoms with van der Waals surface area (Å²) in [6.45, 7) is 4.26. The normalized spacial score (nSPS) is 40.4. The van der Waals surface area contributed by atoms with Crippen molar-refractivity contribution in [1.29, 1.82) is 0 Å². The molecule has 0 spiro atoms. The van der Waals surface area contributed by atoms with E-state index in [1.54, 1.807) is 0 Å². The topological polar surface area (TPSA) is 27.7 Å². The van der Waals surface area contributed by atoms with Gasteiger partial charge in [0.15, 0.2) is 0 Å². The average Bonchev–Trinajstić information content (AvgIpc) is 2.73. The van der Waals surface area contributed by atoms with Crippen LogP contribution in [-0.2, 0) is 14.2 Å². The van der Waals surface area contributed by atoms with Crippen molar-refractivity contribution in [3.05, 3.63) is 0 Å². The summed E-state index contributed by atoms with van der Waals surface area (Å²) >= 11 is 6.05. The van der Waals surface area contributed by atoms with E-state index >= 15 is 0 Å². The molecule has 1 saturated heterocycles. The third-order valence-corrected chi connectivity index (χ3v) is 3.49. The van der Waals surface area contributed by atoms with Crippen molar-refractivity contribution < 1.29 is 14.2 Å². The number of alkyl halides is 1. The molecule has 2 rings (SSSR count). The summed E-state index contributed by atoms with van der Waals surface area (Å²) < 4.78 is 16.8. The Morgan fingerprint density at radius 1 is 1.40 bits per heavy atom. The summed E-state index contributed by atoms with van der Waals surface area (Å²) in [6.07, 6.45) is 3.73. The minimum Gasteiger partial charge on any atom is -0.376 e. The summed E-state index contributed by atoms with van der Waals surface area (Å²) in [7, 11) is 0. The van der Waals surface area contributed by atoms with Crippen molar-refractivity contribution in [2.45, 2.75) is 49.9 Å². The van der Waals surface area contributed by atoms with Gasteiger partial charge in [-0.1, -0.05) is 0 Å². The van der Waals surface area contributed by atoms with Gasteiger partial charge in [0.2, 0.25) is 0 Å². The van der Waals surface area contributed by atoms with Crippen molar-refractivity contribution in [2.24, 2.45) is 0 Å². The lowest BCUT2D eigenvalue weighted by molar-refractivity contribution is -0.136. The van der Waals surface area contributed by atoms with Gasteiger partial charge in [-0.3, -0.25) is 0 Å². The van der Waals surface area contributed by atoms with Gasteiger partial charge in [-0.25, -0.2) is 0 Å². The minimum absolute atomic E-state index is 0.0815. The van der Waals surface area contributed by atoms with Crippen LogP contribution < -0.4 is 0 Å². The van der Waals surface area contributed by atoms with Gasteiger partial charge in [-0.15, -0.1) is 11.6 Å². The molecule has 1 heterocycles. The van der Waals surface area contributed by atoms with Crippen LogP contribution in [0.3, 0.4) is 0 Å². The van der Waals surface area contributed by atoms with Crippen LogP contribution in [0.1, 0.15) is 26.2 Å². The van der Waals surface area contributed by atoms with E-state index in [0.717, 1.165) is 25.9 Å². The lowest BCUT2D eigenvalue weighted by Crippen LogP contribution is -2.51. The van der Waals surface area contributed by atoms with Crippen LogP contribution in [0.4, 0.5) is 0 Å². The molecule has 0 aromatic heterocycles. The van der Waals surface area contributed by atoms with Gasteiger partial charge in [0.1, 0.15) is 6.10 Å². The zero-order valence-electron chi connectivity index (χ0n) is 9.15. The molecule has 4 heteroatoms. The zero-order chi connectivity index (χ0) is 10.7. The van der Waals surface area contributed by atoms with Gasteiger partial charge in [0, 0.05) is 13.2 Å². The Morgan fingerprint density at radius 3 is 2.87 bits per heavy atom. The highest BCUT2D eigenvalue weighted by Crippen LogP contribution is 2.32. The molecule has 2 fully saturated rings. The molecule has 2 aliphatic rings. The van der Waals surface area contributed by atoms with Crippen LogP contribution in [0, 0.1) is 0 Å². The first kappa shape index (κ1) is 11.6. The lowest BCUT2D eigenvalue weighted by atomic mass is 9.91. The van der Waals surface area contributed by atoms with Crippen LogP contribution >= 0.6 is 11.6 Å². The number of ether oxygens (including phenoxy) is 3. The van der Waals surface area contributed by atoms with E-state index in [9.17, 15) is 0 Å². The molecule has 0 bridgehead atoms. The van der Waals surface area contributed by atoms with Gasteiger partial charge in [0.05, 0.1) is 24.2 Å². The predicted molar refractivity (Wildman–Crippen MR) is 58.4 cm³/mol. The second-order valence-electron chi connectivity index (χ2n) is 4.18. The molecule has 0 N–H and O–H groups in total. The Hall–Kier alpha value is 0.170. The third kappa shape index (κ3) is 2.84. The fourth-order valence-corrected chi connectivity index (χ4v) is 2.51. The second kappa shape index (κ2) is 5.48. The summed E-state index contributed by atoms with van der Waals surface area (Å²) in [4.78, 5) is 0. The largest absolute Gasteiger partial charge is 0.376 e. The van der Waals surface area contributed by atoms with Crippen molar-refractivity contribution in [1.82, 2.24) is 0 Å². The van der Waals surface area contributed by atoms with Crippen LogP contribution in [0.25, 0.3) is 0 Å². The van der Waals surface area contributed by atoms with E-state index in [1.807, 2.05) is 6.92 Å². The summed E-state index contributed by atoms with van der Waals surface area (Å²) in [5.74, 6) is 0. The molecule has 4 atom stereocenters. The monoisotopic (exact) mass is 234 g/mol. The van der Waals surface area contributed by atoms with E-state index < -0.39 is 0 Å². The first-order valence-electron chi connectivity index (χ1n) is 5.80. The van der Waals surface area contributed by atoms with E-state index in [-0.39, 0.29) is 17.6 Å². The van der Waals surface area contributed by atoms with Crippen LogP contribution in [-0.4, -0.2) is 43.5 Å². The molecule has 0 radical (unpaired) electrons. The highest BCUT2D eigenvalue weighted by molar-refractivity contribution is 6.21. The van der Waals surface area contributed by atoms with Crippen molar-refractivity contribution >= 4 is 11.6 Å². The zero-order valence-corrected chi connectivity index (χ0v) is 9.91. The maximum absolute atomic E-state index is 6.05. The first-order chi connectivity index (χ1) is 7.31. The SMILES string of the molecule is CCOC1C(Cl)CC1OCC1CCCO1. The smallest absolute Gasteiger partial charge is 0.100 e. The maximum atomic E-state index is 6.05. The average molecular weight is 235 g/mol. The van der Waals surface area contributed by atoms with Gasteiger partial charge in [-0.2, -0.15) is 0 Å². The molecule has 4 unspecified atom stereocenters. The Kier molecular flexibility index (Phi) is 4.26. The molecule has 3 nitrogen and oxygen atoms in total. The highest BCUT2D eigenvalue weighted by Gasteiger charge is 2.41. The van der Waals surface area contributed by atoms with Gasteiger partial charge in [-0.05, 0) is 26.2 Å². The van der Waals surface area contributed by atoms with E-state index in [0.29, 0.717) is 19.3 Å². The van der Waals surface area contributed by atoms with Gasteiger partial charge in [0.25, 0.3) is 0 Å². The van der Waals surface area contributed by atoms with Crippen molar-refractivity contribution in [2.75, 3.05) is 19.8 Å². The van der Waals surface area contributed by atoms with Crippen molar-refractivity contribution in [3.63, 3.8) is 0 Å². The molecule has 0 aromatic rings. The van der Waals surface area contributed by atoms with Gasteiger partial charge >= 0.3 is 0 Å². The molecule has 1 aliphatic carbocycles. The molecular formula is C11H19ClO3. The molecule has 0 aromatic carbocycles. The molecule has 0 amide bonds. The van der Waals surface area contributed by atoms with Crippen molar-refractivity contribution in [3.8, 4) is 0 Å². The number of halogens is 1. The fraction of sp³-hybridized carbons (Fsp3) is 1.00. The van der Waals surface area contributed by atoms with Crippen LogP contribution in [0.2, 0.25) is 0 Å². The minimum atomic E-state index is 0.0815. The standard InChI is InChI=1S/C11H19ClO3/c1-2-13-11-9(12)6-10(11)15-7-8-4-3-5-14-8/h8-11H,2-7H2,1H3. The quantitative estimate of drug-likeness (QED) is 0.681. The number of hydrogen-bond donors (Lipinski definition) is 0. The maximum Gasteiger partial charge on any atom is 0.100 e. The summed E-state index contributed by atoms with van der Waals surface area (Å²) in [6, 6.07) is 0. The Bertz CT molecular complexity index is 194. The molecule has 1 aliphatic heterocycles. The van der Waals surface area contributed by atoms with Gasteiger partial charge < -0.3 is 14.2 Å². The third-order valence-electron chi connectivity index (χ3n) is 3.06. The fourth-order valence-electron chi connectivity index (χ4n) is 2.10. The molecule has 88 valence electrons. The Morgan fingerprint density at radius 2 is 2.27 bits per heavy atom. The highest BCUT2D eigenvalue weighted by atomic mass is 35.5. The second-order valence-corrected chi connectivity index (χ2v) is 4.74. The Labute approximate surface area is 96.0 Å². The molecule has 15 heavy (non-hydrogen) atoms. The van der Waals surface area contributed by atoms with E-state index in [2.05, 4.69) is 0 Å². The van der Waals surface area contributed by atoms with Crippen LogP contribution in [0.15, 0.2) is 0 Å². The number of rotatable bonds is 5. The Balaban J connectivity index is 1.66. The van der Waals surface area contributed by atoms with E-state index in [1.165, 1.54) is 0 Å². The summed E-state index contributed by atoms with van der Waals surface area (Å²) in [5.41, 5.74) is 0. The predicted octanol–water partition coefficient (Wildman–Crippen LogP) is 1.97. The summed E-state index contributed by atoms with van der Waals surface area (Å²) in [5, 5.41) is 0.124. The van der Waals surface area contributed by atoms with Crippen LogP contribution in [0.5, 0.6) is 0 Å². The molecular weight excluding hydrogens is 216 g/mol.